The Morgan fingerprint density at radius 3 is 2.44 bits per heavy atom. The molecule has 0 aliphatic carbocycles. The number of piperidine rings is 1. The zero-order chi connectivity index (χ0) is 33.1. The van der Waals surface area contributed by atoms with Crippen molar-refractivity contribution in [1.82, 2.24) is 14.9 Å². The van der Waals surface area contributed by atoms with Crippen molar-refractivity contribution in [3.05, 3.63) is 50.9 Å². The molecule has 0 saturated carbocycles. The summed E-state index contributed by atoms with van der Waals surface area (Å²) >= 11 is 5.82. The van der Waals surface area contributed by atoms with Gasteiger partial charge in [0.2, 0.25) is 0 Å². The number of hydrogen-bond donors (Lipinski definition) is 1. The molecule has 0 radical (unpaired) electrons. The van der Waals surface area contributed by atoms with Crippen molar-refractivity contribution >= 4 is 23.1 Å². The van der Waals surface area contributed by atoms with Gasteiger partial charge in [-0.1, -0.05) is 32.4 Å². The summed E-state index contributed by atoms with van der Waals surface area (Å²) in [7, 11) is 1.42. The fourth-order valence-electron chi connectivity index (χ4n) is 6.47. The maximum Gasteiger partial charge on any atom is 0.418 e. The van der Waals surface area contributed by atoms with Gasteiger partial charge in [0.25, 0.3) is 6.08 Å². The Hall–Kier alpha value is -2.77. The molecule has 7 nitrogen and oxygen atoms in total. The molecule has 5 heterocycles. The monoisotopic (exact) mass is 663 g/mol. The van der Waals surface area contributed by atoms with E-state index in [0.29, 0.717) is 47.6 Å². The van der Waals surface area contributed by atoms with E-state index in [-0.39, 0.29) is 19.0 Å². The summed E-state index contributed by atoms with van der Waals surface area (Å²) in [5.41, 5.74) is 4.60. The molecule has 3 saturated heterocycles. The number of anilines is 2. The topological polar surface area (TPSA) is 76.7 Å². The highest BCUT2D eigenvalue weighted by molar-refractivity contribution is 6.31. The van der Waals surface area contributed by atoms with Crippen LogP contribution < -0.4 is 15.4 Å². The van der Waals surface area contributed by atoms with Crippen molar-refractivity contribution in [2.45, 2.75) is 84.2 Å². The van der Waals surface area contributed by atoms with Crippen molar-refractivity contribution in [3.8, 4) is 6.01 Å². The average molecular weight is 664 g/mol. The van der Waals surface area contributed by atoms with Gasteiger partial charge in [-0.15, -0.1) is 0 Å². The van der Waals surface area contributed by atoms with Gasteiger partial charge in [0, 0.05) is 48.8 Å². The summed E-state index contributed by atoms with van der Waals surface area (Å²) in [5, 5.41) is -0.677. The van der Waals surface area contributed by atoms with Crippen molar-refractivity contribution in [2.75, 3.05) is 43.9 Å². The van der Waals surface area contributed by atoms with E-state index in [0.717, 1.165) is 45.0 Å². The van der Waals surface area contributed by atoms with Crippen molar-refractivity contribution in [1.29, 1.82) is 0 Å². The lowest BCUT2D eigenvalue weighted by Gasteiger charge is -2.35. The highest BCUT2D eigenvalue weighted by Crippen LogP contribution is 2.46. The number of hydrogen-bond acceptors (Lipinski definition) is 7. The van der Waals surface area contributed by atoms with Gasteiger partial charge in [-0.05, 0) is 50.6 Å². The van der Waals surface area contributed by atoms with Crippen molar-refractivity contribution in [2.24, 2.45) is 5.92 Å². The summed E-state index contributed by atoms with van der Waals surface area (Å²) in [5.74, 6) is -0.0873. The Labute approximate surface area is 264 Å². The third-order valence-corrected chi connectivity index (χ3v) is 8.82. The van der Waals surface area contributed by atoms with Gasteiger partial charge in [0.15, 0.2) is 5.82 Å². The fourth-order valence-corrected chi connectivity index (χ4v) is 6.80. The largest absolute Gasteiger partial charge is 0.467 e. The van der Waals surface area contributed by atoms with E-state index in [9.17, 15) is 26.3 Å². The van der Waals surface area contributed by atoms with Gasteiger partial charge >= 0.3 is 12.2 Å². The zero-order valence-electron chi connectivity index (χ0n) is 25.9. The molecule has 45 heavy (non-hydrogen) atoms. The fraction of sp³-hybridized carbons (Fsp3) is 0.613. The first-order chi connectivity index (χ1) is 21.4. The predicted molar refractivity (Wildman–Crippen MR) is 161 cm³/mol. The minimum Gasteiger partial charge on any atom is -0.467 e. The second kappa shape index (κ2) is 14.8. The minimum atomic E-state index is -4.89. The summed E-state index contributed by atoms with van der Waals surface area (Å²) in [6.07, 6.45) is -2.70. The molecule has 1 aromatic carbocycles. The van der Waals surface area contributed by atoms with Crippen LogP contribution in [0.4, 0.5) is 37.8 Å². The smallest absolute Gasteiger partial charge is 0.418 e. The van der Waals surface area contributed by atoms with Gasteiger partial charge in [-0.25, -0.2) is 4.39 Å². The first kappa shape index (κ1) is 35.1. The number of alkyl halides is 3. The number of benzene rings is 1. The van der Waals surface area contributed by atoms with E-state index in [2.05, 4.69) is 26.7 Å². The van der Waals surface area contributed by atoms with Gasteiger partial charge in [0.05, 0.1) is 41.8 Å². The molecule has 0 bridgehead atoms. The first-order valence-corrected chi connectivity index (χ1v) is 15.7. The van der Waals surface area contributed by atoms with E-state index in [1.165, 1.54) is 13.5 Å². The van der Waals surface area contributed by atoms with Crippen LogP contribution in [0, 0.1) is 11.7 Å². The molecule has 1 aromatic heterocycles. The molecule has 6 rings (SSSR count). The number of aromatic nitrogens is 2. The van der Waals surface area contributed by atoms with Gasteiger partial charge in [0.1, 0.15) is 5.82 Å². The number of halogens is 7. The lowest BCUT2D eigenvalue weighted by atomic mass is 9.93. The highest BCUT2D eigenvalue weighted by atomic mass is 35.5. The van der Waals surface area contributed by atoms with Crippen molar-refractivity contribution in [3.63, 3.8) is 0 Å². The second-order valence-corrected chi connectivity index (χ2v) is 11.9. The Morgan fingerprint density at radius 1 is 1.11 bits per heavy atom. The van der Waals surface area contributed by atoms with E-state index in [1.807, 2.05) is 13.8 Å². The molecular formula is C31H40ClF6N5O2. The van der Waals surface area contributed by atoms with E-state index < -0.39 is 46.0 Å². The third-order valence-electron chi connectivity index (χ3n) is 8.53. The van der Waals surface area contributed by atoms with Crippen LogP contribution in [0.5, 0.6) is 6.01 Å². The number of nitrogens with two attached hydrogens (primary N) is 1. The lowest BCUT2D eigenvalue weighted by molar-refractivity contribution is -0.140. The average Bonchev–Trinajstić information content (AvgIpc) is 3.62. The zero-order valence-corrected chi connectivity index (χ0v) is 26.7. The summed E-state index contributed by atoms with van der Waals surface area (Å²) < 4.78 is 91.2. The van der Waals surface area contributed by atoms with Gasteiger partial charge < -0.3 is 20.1 Å². The van der Waals surface area contributed by atoms with Crippen molar-refractivity contribution < 1.29 is 35.8 Å². The molecule has 3 atom stereocenters. The Kier molecular flexibility index (Phi) is 11.5. The Morgan fingerprint density at radius 2 is 1.82 bits per heavy atom. The van der Waals surface area contributed by atoms with E-state index in [4.69, 9.17) is 26.8 Å². The molecule has 3 fully saturated rings. The molecule has 250 valence electrons. The summed E-state index contributed by atoms with van der Waals surface area (Å²) in [6, 6.07) is 1.30. The molecule has 2 N–H and O–H groups in total. The maximum absolute atomic E-state index is 14.9. The second-order valence-electron chi connectivity index (χ2n) is 11.5. The van der Waals surface area contributed by atoms with Crippen LogP contribution in [0.1, 0.15) is 81.4 Å². The normalized spacial score (nSPS) is 23.0. The standard InChI is InChI=1S/C21H23ClF4N4O2.C8H11F2N.C2H6/c1-10-4-3-5-30(8-10)19-11-9-32-15(7-14(11)28-20(29-19)31-2)16-17(21(24,25)26)12(22)6-13(27)18(16)23;9-8(10)6-4-7-2-1-3-11(7)5-6;1-2/h6,10,15H,3-5,7-9,27H2,1-2H3;7H,1-5H2;1-2H3. The Balaban J connectivity index is 0.000000295. The predicted octanol–water partition coefficient (Wildman–Crippen LogP) is 7.96. The quantitative estimate of drug-likeness (QED) is 0.264. The Bertz CT molecular complexity index is 1370. The van der Waals surface area contributed by atoms with Gasteiger partial charge in [-0.3, -0.25) is 4.90 Å². The van der Waals surface area contributed by atoms with Gasteiger partial charge in [-0.2, -0.15) is 31.9 Å². The number of methoxy groups -OCH3 is 1. The molecular weight excluding hydrogens is 624 g/mol. The molecule has 0 spiro atoms. The molecule has 4 aliphatic heterocycles. The van der Waals surface area contributed by atoms with Crippen LogP contribution in [0.15, 0.2) is 17.7 Å². The molecule has 2 aromatic rings. The third kappa shape index (κ3) is 7.79. The van der Waals surface area contributed by atoms with Crippen LogP contribution >= 0.6 is 11.6 Å². The molecule has 14 heteroatoms. The maximum atomic E-state index is 14.9. The van der Waals surface area contributed by atoms with Crippen LogP contribution in [0.25, 0.3) is 0 Å². The minimum absolute atomic E-state index is 0.0760. The number of nitrogen functional groups attached to an aromatic ring is 1. The van der Waals surface area contributed by atoms with Crippen LogP contribution in [-0.2, 0) is 23.9 Å². The van der Waals surface area contributed by atoms with Crippen LogP contribution in [-0.4, -0.2) is 54.2 Å². The van der Waals surface area contributed by atoms with E-state index in [1.54, 1.807) is 0 Å². The highest BCUT2D eigenvalue weighted by Gasteiger charge is 2.42. The number of ether oxygens (including phenoxy) is 2. The lowest BCUT2D eigenvalue weighted by Crippen LogP contribution is -2.36. The number of rotatable bonds is 3. The SMILES string of the molecule is CC.COc1nc2c(c(N3CCCC(C)C3)n1)COC(c1c(F)c(N)cc(Cl)c1C(F)(F)F)C2.FC(F)=C1CC2CCCN2C1. The van der Waals surface area contributed by atoms with Crippen LogP contribution in [0.3, 0.4) is 0 Å². The summed E-state index contributed by atoms with van der Waals surface area (Å²) in [4.78, 5) is 13.1. The van der Waals surface area contributed by atoms with E-state index >= 15 is 0 Å². The molecule has 0 amide bonds. The number of nitrogens with zero attached hydrogens (tertiary/aromatic N) is 4. The summed E-state index contributed by atoms with van der Waals surface area (Å²) in [6.45, 7) is 9.18. The molecule has 3 unspecified atom stereocenters. The van der Waals surface area contributed by atoms with Crippen LogP contribution in [0.2, 0.25) is 5.02 Å². The first-order valence-electron chi connectivity index (χ1n) is 15.3. The number of fused-ring (bicyclic) bond motifs is 2. The molecule has 4 aliphatic rings.